The van der Waals surface area contributed by atoms with Gasteiger partial charge in [-0.1, -0.05) is 0 Å². The molecule has 0 aromatic heterocycles. The van der Waals surface area contributed by atoms with Gasteiger partial charge >= 0.3 is 50.3 Å². The van der Waals surface area contributed by atoms with Crippen molar-refractivity contribution in [1.29, 1.82) is 0 Å². The summed E-state index contributed by atoms with van der Waals surface area (Å²) >= 11 is 0. The van der Waals surface area contributed by atoms with E-state index in [1.807, 2.05) is 25.2 Å². The second-order valence-corrected chi connectivity index (χ2v) is 1.66. The van der Waals surface area contributed by atoms with Gasteiger partial charge in [0, 0.05) is 0 Å². The summed E-state index contributed by atoms with van der Waals surface area (Å²) in [7, 11) is 3.90. The van der Waals surface area contributed by atoms with Crippen LogP contribution in [-0.2, 0) is 0 Å². The Kier molecular flexibility index (Phi) is 4.00. The maximum absolute atomic E-state index is 3.50. The summed E-state index contributed by atoms with van der Waals surface area (Å²) < 4.78 is 0. The van der Waals surface area contributed by atoms with Gasteiger partial charge in [0.1, 0.15) is 0 Å². The van der Waals surface area contributed by atoms with Crippen molar-refractivity contribution in [2.75, 3.05) is 14.1 Å². The number of hydrogen-bond donors (Lipinski definition) is 0. The van der Waals surface area contributed by atoms with Gasteiger partial charge in [0.25, 0.3) is 0 Å². The van der Waals surface area contributed by atoms with Crippen LogP contribution in [0.5, 0.6) is 0 Å². The molecule has 0 bridgehead atoms. The molecule has 0 aromatic rings. The quantitative estimate of drug-likeness (QED) is 0.362. The van der Waals surface area contributed by atoms with E-state index in [0.29, 0.717) is 0 Å². The Hall–Kier alpha value is -0.745. The summed E-state index contributed by atoms with van der Waals surface area (Å²) in [5.74, 6) is 1.76. The molecule has 0 aliphatic rings. The first-order valence-electron chi connectivity index (χ1n) is 2.47. The van der Waals surface area contributed by atoms with Crippen LogP contribution < -0.4 is 0 Å². The van der Waals surface area contributed by atoms with Crippen molar-refractivity contribution in [3.8, 4) is 0 Å². The molecule has 0 saturated heterocycles. The molecule has 0 amide bonds. The van der Waals surface area contributed by atoms with E-state index in [9.17, 15) is 0 Å². The summed E-state index contributed by atoms with van der Waals surface area (Å²) in [5.41, 5.74) is 2.89. The molecule has 0 atom stereocenters. The zero-order chi connectivity index (χ0) is 6.41. The van der Waals surface area contributed by atoms with Crippen LogP contribution in [0.4, 0.5) is 0 Å². The van der Waals surface area contributed by atoms with Crippen LogP contribution in [0.3, 0.4) is 0 Å². The SMILES string of the molecule is C=BC=C=CN(C)C. The van der Waals surface area contributed by atoms with E-state index in [1.54, 1.807) is 12.9 Å². The molecule has 0 saturated carbocycles. The van der Waals surface area contributed by atoms with E-state index in [-0.39, 0.29) is 0 Å². The predicted octanol–water partition coefficient (Wildman–Crippen LogP) is 0.310. The molecule has 0 radical (unpaired) electrons. The molecule has 0 spiro atoms. The van der Waals surface area contributed by atoms with Crippen molar-refractivity contribution in [3.63, 3.8) is 0 Å². The standard InChI is InChI=1S/C6H10BN/c1-7-5-4-6-8(2)3/h5-6H,1H2,2-3H3. The van der Waals surface area contributed by atoms with Crippen LogP contribution >= 0.6 is 0 Å². The van der Waals surface area contributed by atoms with Crippen LogP contribution in [0.1, 0.15) is 0 Å². The molecular weight excluding hydrogens is 96.9 g/mol. The Morgan fingerprint density at radius 3 is 2.62 bits per heavy atom. The third-order valence-corrected chi connectivity index (χ3v) is 0.547. The van der Waals surface area contributed by atoms with Crippen LogP contribution in [-0.4, -0.2) is 32.4 Å². The summed E-state index contributed by atoms with van der Waals surface area (Å²) in [4.78, 5) is 1.92. The number of nitrogens with zero attached hydrogens (tertiary/aromatic N) is 1. The van der Waals surface area contributed by atoms with E-state index in [0.717, 1.165) is 0 Å². The Labute approximate surface area is 51.2 Å². The summed E-state index contributed by atoms with van der Waals surface area (Å²) in [6.45, 7) is 5.20. The van der Waals surface area contributed by atoms with Crippen molar-refractivity contribution in [1.82, 2.24) is 4.90 Å². The second-order valence-electron chi connectivity index (χ2n) is 1.66. The molecule has 0 fully saturated rings. The van der Waals surface area contributed by atoms with Gasteiger partial charge in [0.05, 0.1) is 0 Å². The molecule has 2 heteroatoms. The molecule has 0 N–H and O–H groups in total. The summed E-state index contributed by atoms with van der Waals surface area (Å²) in [6, 6.07) is 0. The Morgan fingerprint density at radius 1 is 1.62 bits per heavy atom. The van der Waals surface area contributed by atoms with Crippen molar-refractivity contribution >= 4 is 13.4 Å². The fourth-order valence-corrected chi connectivity index (χ4v) is 0.260. The zero-order valence-electron chi connectivity index (χ0n) is 5.39. The van der Waals surface area contributed by atoms with Gasteiger partial charge in [-0.3, -0.25) is 0 Å². The summed E-state index contributed by atoms with van der Waals surface area (Å²) in [6.07, 6.45) is 1.84. The third-order valence-electron chi connectivity index (χ3n) is 0.547. The Bertz CT molecular complexity index is 120. The van der Waals surface area contributed by atoms with E-state index < -0.39 is 0 Å². The average molecular weight is 107 g/mol. The third kappa shape index (κ3) is 5.25. The van der Waals surface area contributed by atoms with Crippen molar-refractivity contribution in [2.45, 2.75) is 0 Å². The van der Waals surface area contributed by atoms with E-state index in [1.165, 1.54) is 0 Å². The molecule has 0 unspecified atom stereocenters. The number of hydrogen-bond acceptors (Lipinski definition) is 1. The van der Waals surface area contributed by atoms with Gasteiger partial charge in [-0.25, -0.2) is 0 Å². The molecule has 0 aliphatic heterocycles. The van der Waals surface area contributed by atoms with Crippen LogP contribution in [0, 0.1) is 0 Å². The normalized spacial score (nSPS) is 6.25. The number of rotatable bonds is 2. The summed E-state index contributed by atoms with van der Waals surface area (Å²) in [5, 5.41) is 0. The average Bonchev–Trinajstić information content (AvgIpc) is 1.66. The Morgan fingerprint density at radius 2 is 2.25 bits per heavy atom. The minimum atomic E-state index is 1.69. The fraction of sp³-hybridized carbons (Fsp3) is 0.333. The zero-order valence-corrected chi connectivity index (χ0v) is 5.39. The van der Waals surface area contributed by atoms with E-state index in [4.69, 9.17) is 0 Å². The van der Waals surface area contributed by atoms with Gasteiger partial charge in [-0.05, 0) is 0 Å². The monoisotopic (exact) mass is 107 g/mol. The maximum atomic E-state index is 3.50. The van der Waals surface area contributed by atoms with Gasteiger partial charge < -0.3 is 0 Å². The van der Waals surface area contributed by atoms with E-state index >= 15 is 0 Å². The topological polar surface area (TPSA) is 3.24 Å². The van der Waals surface area contributed by atoms with Gasteiger partial charge in [0.2, 0.25) is 0 Å². The Balaban J connectivity index is 3.63. The molecule has 0 aromatic carbocycles. The van der Waals surface area contributed by atoms with Gasteiger partial charge in [-0.2, -0.15) is 0 Å². The second kappa shape index (κ2) is 4.41. The molecule has 1 nitrogen and oxygen atoms in total. The van der Waals surface area contributed by atoms with Crippen LogP contribution in [0.2, 0.25) is 0 Å². The van der Waals surface area contributed by atoms with Crippen molar-refractivity contribution < 1.29 is 0 Å². The molecule has 8 heavy (non-hydrogen) atoms. The van der Waals surface area contributed by atoms with Crippen molar-refractivity contribution in [3.05, 3.63) is 17.9 Å². The first-order chi connectivity index (χ1) is 3.77. The first-order valence-corrected chi connectivity index (χ1v) is 2.47. The molecule has 0 heterocycles. The molecular formula is C6H10BN. The van der Waals surface area contributed by atoms with Gasteiger partial charge in [-0.15, -0.1) is 0 Å². The first kappa shape index (κ1) is 7.25. The minimum absolute atomic E-state index is 1.69. The molecule has 0 aliphatic carbocycles. The van der Waals surface area contributed by atoms with Crippen LogP contribution in [0.25, 0.3) is 0 Å². The molecule has 0 rings (SSSR count). The van der Waals surface area contributed by atoms with Crippen LogP contribution in [0.15, 0.2) is 17.9 Å². The predicted molar refractivity (Wildman–Crippen MR) is 39.2 cm³/mol. The van der Waals surface area contributed by atoms with E-state index in [2.05, 4.69) is 12.2 Å². The fourth-order valence-electron chi connectivity index (χ4n) is 0.260. The molecule has 42 valence electrons. The van der Waals surface area contributed by atoms with Crippen molar-refractivity contribution in [2.24, 2.45) is 0 Å². The van der Waals surface area contributed by atoms with Gasteiger partial charge in [0.15, 0.2) is 0 Å².